The van der Waals surface area contributed by atoms with Gasteiger partial charge in [0.25, 0.3) is 0 Å². The second-order valence-electron chi connectivity index (χ2n) is 5.01. The number of hydrogen-bond acceptors (Lipinski definition) is 4. The maximum Gasteiger partial charge on any atom is 1.00 e. The Morgan fingerprint density at radius 1 is 0.909 bits per heavy atom. The van der Waals surface area contributed by atoms with Crippen molar-refractivity contribution in [3.63, 3.8) is 0 Å². The fourth-order valence-corrected chi connectivity index (χ4v) is 2.38. The van der Waals surface area contributed by atoms with Crippen LogP contribution in [-0.2, 0) is 15.0 Å². The van der Waals surface area contributed by atoms with Crippen LogP contribution in [0, 0.1) is 0 Å². The predicted octanol–water partition coefficient (Wildman–Crippen LogP) is -5.21. The number of carbonyl (C=O) groups excluding carboxylic acids is 2. The van der Waals surface area contributed by atoms with Gasteiger partial charge in [-0.15, -0.1) is 0 Å². The van der Waals surface area contributed by atoms with Crippen LogP contribution in [0.2, 0.25) is 0 Å². The SMILES string of the molecule is CCCCCCCC(C(=O)[O-])(C(=O)[O-])c1ccccc1.[K+].[K+]. The molecule has 0 fully saturated rings. The number of carbonyl (C=O) groups is 2. The smallest absolute Gasteiger partial charge is 0.549 e. The van der Waals surface area contributed by atoms with Crippen molar-refractivity contribution >= 4 is 11.9 Å². The summed E-state index contributed by atoms with van der Waals surface area (Å²) < 4.78 is 0. The van der Waals surface area contributed by atoms with E-state index >= 15 is 0 Å². The van der Waals surface area contributed by atoms with Crippen LogP contribution < -0.4 is 113 Å². The average molecular weight is 355 g/mol. The Kier molecular flexibility index (Phi) is 16.0. The molecule has 0 N–H and O–H groups in total. The van der Waals surface area contributed by atoms with E-state index in [1.807, 2.05) is 0 Å². The molecule has 0 aliphatic rings. The fraction of sp³-hybridized carbons (Fsp3) is 0.500. The largest absolute Gasteiger partial charge is 1.00 e. The van der Waals surface area contributed by atoms with Crippen LogP contribution in [0.15, 0.2) is 30.3 Å². The summed E-state index contributed by atoms with van der Waals surface area (Å²) in [4.78, 5) is 22.9. The summed E-state index contributed by atoms with van der Waals surface area (Å²) in [5, 5.41) is 22.9. The van der Waals surface area contributed by atoms with Crippen molar-refractivity contribution in [2.24, 2.45) is 0 Å². The molecule has 0 bridgehead atoms. The second-order valence-corrected chi connectivity index (χ2v) is 5.01. The van der Waals surface area contributed by atoms with Gasteiger partial charge in [-0.05, 0) is 12.0 Å². The maximum absolute atomic E-state index is 11.5. The molecule has 0 spiro atoms. The predicted molar refractivity (Wildman–Crippen MR) is 71.5 cm³/mol. The normalized spacial score (nSPS) is 10.2. The Hall–Kier alpha value is 1.43. The summed E-state index contributed by atoms with van der Waals surface area (Å²) >= 11 is 0. The molecule has 0 radical (unpaired) electrons. The number of rotatable bonds is 9. The Labute approximate surface area is 217 Å². The third kappa shape index (κ3) is 7.13. The molecule has 0 unspecified atom stereocenters. The third-order valence-electron chi connectivity index (χ3n) is 3.62. The second kappa shape index (κ2) is 13.7. The van der Waals surface area contributed by atoms with Crippen molar-refractivity contribution in [1.82, 2.24) is 0 Å². The number of aliphatic carboxylic acids is 2. The number of benzene rings is 1. The van der Waals surface area contributed by atoms with E-state index in [-0.39, 0.29) is 115 Å². The van der Waals surface area contributed by atoms with Crippen LogP contribution in [0.5, 0.6) is 0 Å². The van der Waals surface area contributed by atoms with E-state index in [0.29, 0.717) is 6.42 Å². The van der Waals surface area contributed by atoms with Crippen LogP contribution in [0.1, 0.15) is 51.0 Å². The van der Waals surface area contributed by atoms with Crippen LogP contribution in [-0.4, -0.2) is 11.9 Å². The van der Waals surface area contributed by atoms with E-state index in [4.69, 9.17) is 0 Å². The van der Waals surface area contributed by atoms with E-state index in [2.05, 4.69) is 6.92 Å². The summed E-state index contributed by atoms with van der Waals surface area (Å²) in [6.45, 7) is 2.08. The molecular weight excluding hydrogens is 334 g/mol. The van der Waals surface area contributed by atoms with E-state index in [0.717, 1.165) is 25.7 Å². The maximum atomic E-state index is 11.5. The standard InChI is InChI=1S/C16H22O4.2K/c1-2-3-4-5-9-12-16(14(17)18,15(19)20)13-10-7-6-8-11-13;;/h6-8,10-11H,2-5,9,12H2,1H3,(H,17,18)(H,19,20);;/q;2*+1/p-2. The van der Waals surface area contributed by atoms with Gasteiger partial charge in [0.15, 0.2) is 0 Å². The molecular formula is C16H20K2O4. The first-order chi connectivity index (χ1) is 9.55. The molecule has 22 heavy (non-hydrogen) atoms. The molecule has 0 saturated carbocycles. The zero-order valence-corrected chi connectivity index (χ0v) is 20.0. The molecule has 110 valence electrons. The summed E-state index contributed by atoms with van der Waals surface area (Å²) in [5.74, 6) is -3.20. The summed E-state index contributed by atoms with van der Waals surface area (Å²) in [6.07, 6.45) is 4.45. The Morgan fingerprint density at radius 3 is 1.86 bits per heavy atom. The molecule has 6 heteroatoms. The van der Waals surface area contributed by atoms with Gasteiger partial charge in [0.2, 0.25) is 0 Å². The molecule has 1 rings (SSSR count). The molecule has 0 aliphatic carbocycles. The van der Waals surface area contributed by atoms with E-state index in [9.17, 15) is 19.8 Å². The minimum atomic E-state index is -2.05. The van der Waals surface area contributed by atoms with Gasteiger partial charge in [0, 0.05) is 0 Å². The Morgan fingerprint density at radius 2 is 1.41 bits per heavy atom. The molecule has 1 aromatic carbocycles. The van der Waals surface area contributed by atoms with Gasteiger partial charge in [-0.1, -0.05) is 69.4 Å². The molecule has 1 aromatic rings. The van der Waals surface area contributed by atoms with Gasteiger partial charge in [-0.2, -0.15) is 0 Å². The van der Waals surface area contributed by atoms with Crippen molar-refractivity contribution in [3.8, 4) is 0 Å². The third-order valence-corrected chi connectivity index (χ3v) is 3.62. The summed E-state index contributed by atoms with van der Waals surface area (Å²) in [6, 6.07) is 7.94. The fourth-order valence-electron chi connectivity index (χ4n) is 2.38. The van der Waals surface area contributed by atoms with Crippen LogP contribution in [0.4, 0.5) is 0 Å². The van der Waals surface area contributed by atoms with Gasteiger partial charge in [-0.3, -0.25) is 0 Å². The van der Waals surface area contributed by atoms with E-state index in [1.165, 1.54) is 12.1 Å². The first-order valence-electron chi connectivity index (χ1n) is 7.04. The zero-order chi connectivity index (χ0) is 15.0. The molecule has 0 amide bonds. The first kappa shape index (κ1) is 25.7. The molecule has 0 heterocycles. The van der Waals surface area contributed by atoms with Crippen molar-refractivity contribution in [2.75, 3.05) is 0 Å². The minimum absolute atomic E-state index is 0. The number of carboxylic acids is 2. The van der Waals surface area contributed by atoms with Crippen molar-refractivity contribution < 1.29 is 123 Å². The summed E-state index contributed by atoms with van der Waals surface area (Å²) in [5.41, 5.74) is -1.83. The number of carboxylic acid groups (broad SMARTS) is 2. The van der Waals surface area contributed by atoms with E-state index in [1.54, 1.807) is 18.2 Å². The quantitative estimate of drug-likeness (QED) is 0.252. The van der Waals surface area contributed by atoms with Gasteiger partial charge in [-0.25, -0.2) is 0 Å². The van der Waals surface area contributed by atoms with Crippen LogP contribution in [0.25, 0.3) is 0 Å². The van der Waals surface area contributed by atoms with Gasteiger partial charge < -0.3 is 19.8 Å². The number of unbranched alkanes of at least 4 members (excludes halogenated alkanes) is 4. The topological polar surface area (TPSA) is 80.3 Å². The number of hydrogen-bond donors (Lipinski definition) is 0. The summed E-state index contributed by atoms with van der Waals surface area (Å²) in [7, 11) is 0. The monoisotopic (exact) mass is 354 g/mol. The van der Waals surface area contributed by atoms with Gasteiger partial charge in [0.05, 0.1) is 17.4 Å². The average Bonchev–Trinajstić information content (AvgIpc) is 2.43. The van der Waals surface area contributed by atoms with E-state index < -0.39 is 17.4 Å². The molecule has 0 atom stereocenters. The Bertz CT molecular complexity index is 435. The van der Waals surface area contributed by atoms with Crippen molar-refractivity contribution in [2.45, 2.75) is 50.9 Å². The molecule has 0 aliphatic heterocycles. The van der Waals surface area contributed by atoms with Gasteiger partial charge >= 0.3 is 103 Å². The molecule has 0 saturated heterocycles. The zero-order valence-electron chi connectivity index (χ0n) is 13.8. The molecule has 4 nitrogen and oxygen atoms in total. The van der Waals surface area contributed by atoms with Crippen LogP contribution in [0.3, 0.4) is 0 Å². The first-order valence-corrected chi connectivity index (χ1v) is 7.04. The van der Waals surface area contributed by atoms with Crippen molar-refractivity contribution in [1.29, 1.82) is 0 Å². The van der Waals surface area contributed by atoms with Gasteiger partial charge in [0.1, 0.15) is 0 Å². The minimum Gasteiger partial charge on any atom is -0.549 e. The molecule has 0 aromatic heterocycles. The van der Waals surface area contributed by atoms with Crippen LogP contribution >= 0.6 is 0 Å². The Balaban J connectivity index is 0. The van der Waals surface area contributed by atoms with Crippen molar-refractivity contribution in [3.05, 3.63) is 35.9 Å².